The van der Waals surface area contributed by atoms with Crippen LogP contribution in [-0.2, 0) is 28.0 Å². The fraction of sp³-hybridized carbons (Fsp3) is 0.474. The number of carbonyl (C=O) groups excluding carboxylic acids is 1. The number of carboxylic acid groups (broad SMARTS) is 1. The molecule has 1 unspecified atom stereocenters. The van der Waals surface area contributed by atoms with Gasteiger partial charge in [-0.15, -0.1) is 0 Å². The van der Waals surface area contributed by atoms with Crippen LogP contribution in [0.1, 0.15) is 68.4 Å². The Labute approximate surface area is 276 Å². The number of nitrogens with zero attached hydrogens (tertiary/aromatic N) is 3. The lowest BCUT2D eigenvalue weighted by atomic mass is 9.82. The summed E-state index contributed by atoms with van der Waals surface area (Å²) in [5.74, 6) is 0.669. The van der Waals surface area contributed by atoms with Crippen molar-refractivity contribution in [1.82, 2.24) is 9.88 Å². The molecule has 3 heterocycles. The largest absolute Gasteiger partial charge is 0.489 e. The molecular formula is C38H46N4O5. The number of benzene rings is 2. The maximum absolute atomic E-state index is 12.5. The number of hydrogen-bond acceptors (Lipinski definition) is 6. The van der Waals surface area contributed by atoms with Gasteiger partial charge in [0.1, 0.15) is 12.4 Å². The zero-order chi connectivity index (χ0) is 32.3. The summed E-state index contributed by atoms with van der Waals surface area (Å²) in [5, 5.41) is 14.9. The quantitative estimate of drug-likeness (QED) is 0.342. The van der Waals surface area contributed by atoms with Crippen molar-refractivity contribution in [3.05, 3.63) is 64.2 Å². The van der Waals surface area contributed by atoms with Crippen LogP contribution in [0.25, 0.3) is 23.4 Å². The predicted octanol–water partition coefficient (Wildman–Crippen LogP) is 4.29. The minimum absolute atomic E-state index is 0.000484. The first-order valence-electron chi connectivity index (χ1n) is 17.3. The second-order valence-electron chi connectivity index (χ2n) is 13.3. The minimum atomic E-state index is -0.839. The Kier molecular flexibility index (Phi) is 9.36. The van der Waals surface area contributed by atoms with Gasteiger partial charge in [0, 0.05) is 61.4 Å². The Bertz CT molecular complexity index is 1730. The van der Waals surface area contributed by atoms with E-state index in [4.69, 9.17) is 9.47 Å². The number of hydrogen-bond donors (Lipinski definition) is 2. The van der Waals surface area contributed by atoms with E-state index in [1.54, 1.807) is 0 Å². The van der Waals surface area contributed by atoms with Crippen molar-refractivity contribution < 1.29 is 24.2 Å². The van der Waals surface area contributed by atoms with Gasteiger partial charge in [-0.2, -0.15) is 0 Å². The lowest BCUT2D eigenvalue weighted by Gasteiger charge is -2.31. The third kappa shape index (κ3) is 6.69. The van der Waals surface area contributed by atoms with Crippen LogP contribution in [-0.4, -0.2) is 67.0 Å². The summed E-state index contributed by atoms with van der Waals surface area (Å²) in [7, 11) is 2.14. The van der Waals surface area contributed by atoms with Crippen LogP contribution in [0.2, 0.25) is 0 Å². The smallest absolute Gasteiger partial charge is 0.317 e. The van der Waals surface area contributed by atoms with E-state index >= 15 is 0 Å². The zero-order valence-electron chi connectivity index (χ0n) is 27.4. The van der Waals surface area contributed by atoms with Crippen LogP contribution in [0.5, 0.6) is 5.75 Å². The van der Waals surface area contributed by atoms with Crippen molar-refractivity contribution in [1.29, 1.82) is 0 Å². The lowest BCUT2D eigenvalue weighted by Crippen LogP contribution is -2.41. The van der Waals surface area contributed by atoms with Gasteiger partial charge in [-0.25, -0.2) is 0 Å². The van der Waals surface area contributed by atoms with E-state index in [1.807, 2.05) is 4.90 Å². The topological polar surface area (TPSA) is 96.3 Å². The molecule has 0 spiro atoms. The summed E-state index contributed by atoms with van der Waals surface area (Å²) >= 11 is 0. The van der Waals surface area contributed by atoms with Gasteiger partial charge in [0.25, 0.3) is 0 Å². The van der Waals surface area contributed by atoms with Crippen LogP contribution in [0, 0.1) is 0 Å². The van der Waals surface area contributed by atoms with E-state index in [9.17, 15) is 14.7 Å². The Morgan fingerprint density at radius 1 is 1.02 bits per heavy atom. The molecule has 2 N–H and O–H groups in total. The molecule has 9 heteroatoms. The highest BCUT2D eigenvalue weighted by molar-refractivity contribution is 5.95. The number of amides is 1. The van der Waals surface area contributed by atoms with E-state index in [-0.39, 0.29) is 18.5 Å². The van der Waals surface area contributed by atoms with Gasteiger partial charge in [-0.05, 0) is 96.5 Å². The van der Waals surface area contributed by atoms with Crippen molar-refractivity contribution in [3.63, 3.8) is 0 Å². The summed E-state index contributed by atoms with van der Waals surface area (Å²) < 4.78 is 14.4. The molecule has 2 aliphatic heterocycles. The van der Waals surface area contributed by atoms with Crippen LogP contribution < -0.4 is 30.4 Å². The molecule has 1 amide bonds. The molecule has 1 atom stereocenters. The van der Waals surface area contributed by atoms with E-state index < -0.39 is 5.97 Å². The second-order valence-corrected chi connectivity index (χ2v) is 13.3. The second kappa shape index (κ2) is 14.0. The highest BCUT2D eigenvalue weighted by atomic mass is 16.5. The van der Waals surface area contributed by atoms with Crippen LogP contribution in [0.3, 0.4) is 0 Å². The standard InChI is InChI=1S/C38H46N4O5/c1-40-34-23-29(39-24-36(44)45)11-15-32(34)37(26-6-3-2-4-7-26)38(40)27-9-13-31(14-10-27)47-25-28-22-30(42-17-5-8-35(42)43)12-16-33(28)41-18-20-46-21-19-41/h9-10,12-16,22-23,26,29,39H,2-8,11,17-21,24-25H2,1H3,(H,44,45). The van der Waals surface area contributed by atoms with Gasteiger partial charge in [-0.1, -0.05) is 25.3 Å². The molecule has 3 fully saturated rings. The lowest BCUT2D eigenvalue weighted by molar-refractivity contribution is -0.136. The molecule has 1 saturated carbocycles. The number of carboxylic acids is 1. The van der Waals surface area contributed by atoms with Crippen LogP contribution >= 0.6 is 0 Å². The van der Waals surface area contributed by atoms with Gasteiger partial charge >= 0.3 is 5.97 Å². The SMILES string of the molecule is Cn1c(-c2ccc(OCc3cc(N4CCCC4=O)ccc3N3CCOCC3)cc2)c(C2CCCCC2)c2c1=CC(NCC(=O)O)CC=2. The molecule has 4 aliphatic rings. The van der Waals surface area contributed by atoms with E-state index in [0.29, 0.717) is 32.2 Å². The molecule has 2 aliphatic carbocycles. The molecule has 0 bridgehead atoms. The molecule has 3 aromatic rings. The maximum atomic E-state index is 12.5. The molecular weight excluding hydrogens is 592 g/mol. The average molecular weight is 639 g/mol. The summed E-state index contributed by atoms with van der Waals surface area (Å²) in [5.41, 5.74) is 6.99. The first kappa shape index (κ1) is 31.5. The highest BCUT2D eigenvalue weighted by Gasteiger charge is 2.27. The third-order valence-corrected chi connectivity index (χ3v) is 10.3. The Hall–Kier alpha value is -4.08. The van der Waals surface area contributed by atoms with Crippen LogP contribution in [0.15, 0.2) is 42.5 Å². The molecule has 2 aromatic carbocycles. The summed E-state index contributed by atoms with van der Waals surface area (Å²) in [6.07, 6.45) is 13.0. The monoisotopic (exact) mass is 638 g/mol. The van der Waals surface area contributed by atoms with E-state index in [2.05, 4.69) is 76.4 Å². The number of nitrogens with one attached hydrogen (secondary N) is 1. The minimum Gasteiger partial charge on any atom is -0.489 e. The number of fused-ring (bicyclic) bond motifs is 1. The highest BCUT2D eigenvalue weighted by Crippen LogP contribution is 2.37. The van der Waals surface area contributed by atoms with Crippen molar-refractivity contribution in [2.24, 2.45) is 7.05 Å². The van der Waals surface area contributed by atoms with Gasteiger partial charge < -0.3 is 34.3 Å². The molecule has 47 heavy (non-hydrogen) atoms. The van der Waals surface area contributed by atoms with Crippen molar-refractivity contribution in [2.75, 3.05) is 49.2 Å². The number of anilines is 2. The Morgan fingerprint density at radius 2 is 1.81 bits per heavy atom. The molecule has 9 nitrogen and oxygen atoms in total. The van der Waals surface area contributed by atoms with Gasteiger partial charge in [0.2, 0.25) is 5.91 Å². The van der Waals surface area contributed by atoms with Gasteiger partial charge in [0.05, 0.1) is 25.5 Å². The molecule has 2 saturated heterocycles. The van der Waals surface area contributed by atoms with E-state index in [1.165, 1.54) is 53.9 Å². The molecule has 248 valence electrons. The number of carbonyl (C=O) groups is 2. The zero-order valence-corrected chi connectivity index (χ0v) is 27.4. The third-order valence-electron chi connectivity index (χ3n) is 10.3. The fourth-order valence-electron chi connectivity index (χ4n) is 7.94. The average Bonchev–Trinajstić information content (AvgIpc) is 3.67. The van der Waals surface area contributed by atoms with Crippen molar-refractivity contribution in [3.8, 4) is 17.0 Å². The normalized spacial score (nSPS) is 20.1. The first-order valence-corrected chi connectivity index (χ1v) is 17.3. The number of ether oxygens (including phenoxy) is 2. The number of morpholine rings is 1. The maximum Gasteiger partial charge on any atom is 0.317 e. The van der Waals surface area contributed by atoms with Gasteiger partial charge in [0.15, 0.2) is 0 Å². The molecule has 1 aromatic heterocycles. The predicted molar refractivity (Wildman–Crippen MR) is 184 cm³/mol. The molecule has 0 radical (unpaired) electrons. The number of aromatic nitrogens is 1. The molecule has 7 rings (SSSR count). The number of rotatable bonds is 10. The summed E-state index contributed by atoms with van der Waals surface area (Å²) in [6, 6.07) is 14.8. The van der Waals surface area contributed by atoms with Crippen LogP contribution in [0.4, 0.5) is 11.4 Å². The first-order chi connectivity index (χ1) is 23.0. The summed E-state index contributed by atoms with van der Waals surface area (Å²) in [4.78, 5) is 28.0. The fourth-order valence-corrected chi connectivity index (χ4v) is 7.94. The van der Waals surface area contributed by atoms with Crippen molar-refractivity contribution in [2.45, 2.75) is 69.9 Å². The Balaban J connectivity index is 1.16. The van der Waals surface area contributed by atoms with E-state index in [0.717, 1.165) is 60.7 Å². The Morgan fingerprint density at radius 3 is 2.53 bits per heavy atom. The van der Waals surface area contributed by atoms with Crippen molar-refractivity contribution >= 4 is 35.4 Å². The van der Waals surface area contributed by atoms with Gasteiger partial charge in [-0.3, -0.25) is 9.59 Å². The number of aliphatic carboxylic acids is 1. The summed E-state index contributed by atoms with van der Waals surface area (Å²) in [6.45, 7) is 4.19.